The number of anilines is 1. The van der Waals surface area contributed by atoms with E-state index in [2.05, 4.69) is 10.3 Å². The number of fused-ring (bicyclic) bond motifs is 1. The molecule has 0 saturated carbocycles. The van der Waals surface area contributed by atoms with Gasteiger partial charge in [-0.3, -0.25) is 4.79 Å². The lowest BCUT2D eigenvalue weighted by atomic mass is 10.1. The first-order valence-electron chi connectivity index (χ1n) is 9.15. The Kier molecular flexibility index (Phi) is 5.26. The zero-order chi connectivity index (χ0) is 21.6. The third kappa shape index (κ3) is 3.78. The Bertz CT molecular complexity index is 1300. The fourth-order valence-electron chi connectivity index (χ4n) is 3.49. The average Bonchev–Trinajstić information content (AvgIpc) is 3.16. The Morgan fingerprint density at radius 1 is 1.03 bits per heavy atom. The van der Waals surface area contributed by atoms with Crippen molar-refractivity contribution in [3.63, 3.8) is 0 Å². The maximum absolute atomic E-state index is 13.1. The number of aryl methyl sites for hydroxylation is 2. The van der Waals surface area contributed by atoms with Gasteiger partial charge in [0, 0.05) is 38.2 Å². The molecule has 5 nitrogen and oxygen atoms in total. The number of carbonyl (C=O) groups excluding carboxylic acids is 1. The molecule has 2 N–H and O–H groups in total. The summed E-state index contributed by atoms with van der Waals surface area (Å²) in [5.41, 5.74) is 4.65. The Labute approximate surface area is 184 Å². The van der Waals surface area contributed by atoms with Gasteiger partial charge in [-0.2, -0.15) is 0 Å². The van der Waals surface area contributed by atoms with E-state index in [4.69, 9.17) is 23.2 Å². The summed E-state index contributed by atoms with van der Waals surface area (Å²) in [4.78, 5) is 15.8. The molecule has 1 aliphatic heterocycles. The summed E-state index contributed by atoms with van der Waals surface area (Å²) < 4.78 is 26.1. The quantitative estimate of drug-likeness (QED) is 0.511. The highest BCUT2D eigenvalue weighted by molar-refractivity contribution is 7.90. The third-order valence-electron chi connectivity index (χ3n) is 5.01. The fraction of sp³-hybridized carbons (Fsp3) is 0.136. The van der Waals surface area contributed by atoms with Crippen LogP contribution in [0.5, 0.6) is 0 Å². The second-order valence-electron chi connectivity index (χ2n) is 7.23. The van der Waals surface area contributed by atoms with Gasteiger partial charge in [-0.1, -0.05) is 29.3 Å². The van der Waals surface area contributed by atoms with E-state index in [0.29, 0.717) is 32.4 Å². The van der Waals surface area contributed by atoms with Crippen molar-refractivity contribution in [2.45, 2.75) is 24.5 Å². The Hall–Kier alpha value is -2.54. The minimum atomic E-state index is -3.74. The van der Waals surface area contributed by atoms with Gasteiger partial charge in [0.25, 0.3) is 5.91 Å². The summed E-state index contributed by atoms with van der Waals surface area (Å²) >= 11 is 12.3. The second-order valence-corrected chi connectivity index (χ2v) is 10.0. The lowest BCUT2D eigenvalue weighted by Crippen LogP contribution is -2.06. The predicted octanol–water partition coefficient (Wildman–Crippen LogP) is 5.40. The molecular formula is C22H18Cl2N2O3S. The van der Waals surface area contributed by atoms with E-state index < -0.39 is 9.84 Å². The molecule has 1 aliphatic rings. The molecule has 8 heteroatoms. The van der Waals surface area contributed by atoms with Crippen molar-refractivity contribution in [2.75, 3.05) is 5.32 Å². The lowest BCUT2D eigenvalue weighted by molar-refractivity contribution is -0.110. The summed E-state index contributed by atoms with van der Waals surface area (Å²) in [5, 5.41) is 3.37. The minimum absolute atomic E-state index is 0.0963. The lowest BCUT2D eigenvalue weighted by Gasteiger charge is -2.10. The van der Waals surface area contributed by atoms with Crippen LogP contribution in [-0.4, -0.2) is 19.3 Å². The first kappa shape index (κ1) is 20.7. The van der Waals surface area contributed by atoms with Crippen molar-refractivity contribution in [1.29, 1.82) is 0 Å². The highest BCUT2D eigenvalue weighted by atomic mass is 35.5. The zero-order valence-electron chi connectivity index (χ0n) is 16.2. The monoisotopic (exact) mass is 460 g/mol. The Morgan fingerprint density at radius 3 is 2.37 bits per heavy atom. The standard InChI is InChI=1S/C22H18Cl2N2O3S/c1-12-8-13(2)25-21(12)10-16-15-9-14(6-7-20(15)26-22(16)27)30(28,29)11-17-18(23)4-3-5-19(17)24/h3-10,25H,11H2,1-2H3,(H,26,27)/b16-10-. The molecule has 2 heterocycles. The number of aromatic nitrogens is 1. The van der Waals surface area contributed by atoms with Gasteiger partial charge >= 0.3 is 0 Å². The predicted molar refractivity (Wildman–Crippen MR) is 121 cm³/mol. The Balaban J connectivity index is 1.76. The summed E-state index contributed by atoms with van der Waals surface area (Å²) in [6, 6.07) is 11.4. The summed E-state index contributed by atoms with van der Waals surface area (Å²) in [6.45, 7) is 3.88. The van der Waals surface area contributed by atoms with Crippen LogP contribution in [0.1, 0.15) is 28.1 Å². The number of aromatic amines is 1. The molecule has 0 unspecified atom stereocenters. The van der Waals surface area contributed by atoms with Crippen LogP contribution < -0.4 is 5.32 Å². The summed E-state index contributed by atoms with van der Waals surface area (Å²) in [6.07, 6.45) is 1.74. The van der Waals surface area contributed by atoms with Crippen LogP contribution in [-0.2, 0) is 20.4 Å². The molecule has 1 amide bonds. The van der Waals surface area contributed by atoms with Crippen LogP contribution in [0.2, 0.25) is 10.0 Å². The number of benzene rings is 2. The van der Waals surface area contributed by atoms with Crippen molar-refractivity contribution in [3.05, 3.63) is 80.6 Å². The van der Waals surface area contributed by atoms with Crippen LogP contribution in [0.15, 0.2) is 47.4 Å². The SMILES string of the molecule is Cc1cc(C)c(/C=C2\C(=O)Nc3ccc(S(=O)(=O)Cc4c(Cl)cccc4Cl)cc32)[nH]1. The van der Waals surface area contributed by atoms with Crippen molar-refractivity contribution >= 4 is 56.3 Å². The molecule has 0 radical (unpaired) electrons. The van der Waals surface area contributed by atoms with E-state index in [9.17, 15) is 13.2 Å². The number of sulfone groups is 1. The molecule has 0 aliphatic carbocycles. The van der Waals surface area contributed by atoms with Crippen molar-refractivity contribution in [2.24, 2.45) is 0 Å². The normalized spacial score (nSPS) is 14.8. The molecule has 30 heavy (non-hydrogen) atoms. The molecule has 0 fully saturated rings. The molecule has 0 saturated heterocycles. The van der Waals surface area contributed by atoms with Gasteiger partial charge in [-0.25, -0.2) is 8.42 Å². The molecular weight excluding hydrogens is 443 g/mol. The van der Waals surface area contributed by atoms with Gasteiger partial charge in [0.2, 0.25) is 0 Å². The number of halogens is 2. The smallest absolute Gasteiger partial charge is 0.256 e. The molecule has 2 aromatic carbocycles. The largest absolute Gasteiger partial charge is 0.359 e. The number of amides is 1. The fourth-order valence-corrected chi connectivity index (χ4v) is 5.61. The molecule has 154 valence electrons. The van der Waals surface area contributed by atoms with Gasteiger partial charge in [-0.05, 0) is 61.9 Å². The van der Waals surface area contributed by atoms with E-state index in [1.54, 1.807) is 30.3 Å². The van der Waals surface area contributed by atoms with Crippen LogP contribution in [0.4, 0.5) is 5.69 Å². The number of hydrogen-bond acceptors (Lipinski definition) is 3. The summed E-state index contributed by atoms with van der Waals surface area (Å²) in [7, 11) is -3.74. The van der Waals surface area contributed by atoms with Crippen LogP contribution in [0.25, 0.3) is 11.6 Å². The minimum Gasteiger partial charge on any atom is -0.359 e. The second kappa shape index (κ2) is 7.61. The summed E-state index contributed by atoms with van der Waals surface area (Å²) in [5.74, 6) is -0.611. The molecule has 3 aromatic rings. The first-order chi connectivity index (χ1) is 14.2. The van der Waals surface area contributed by atoms with E-state index in [-0.39, 0.29) is 16.6 Å². The highest BCUT2D eigenvalue weighted by Gasteiger charge is 2.28. The molecule has 0 spiro atoms. The third-order valence-corrected chi connectivity index (χ3v) is 7.36. The number of hydrogen-bond donors (Lipinski definition) is 2. The maximum Gasteiger partial charge on any atom is 0.256 e. The van der Waals surface area contributed by atoms with Crippen molar-refractivity contribution < 1.29 is 13.2 Å². The molecule has 4 rings (SSSR count). The van der Waals surface area contributed by atoms with Crippen molar-refractivity contribution in [3.8, 4) is 0 Å². The maximum atomic E-state index is 13.1. The van der Waals surface area contributed by atoms with Gasteiger partial charge in [0.05, 0.1) is 16.2 Å². The zero-order valence-corrected chi connectivity index (χ0v) is 18.5. The van der Waals surface area contributed by atoms with E-state index >= 15 is 0 Å². The van der Waals surface area contributed by atoms with Crippen LogP contribution in [0.3, 0.4) is 0 Å². The average molecular weight is 461 g/mol. The number of carbonyl (C=O) groups is 1. The van der Waals surface area contributed by atoms with E-state index in [0.717, 1.165) is 17.0 Å². The van der Waals surface area contributed by atoms with E-state index in [1.807, 2.05) is 19.9 Å². The van der Waals surface area contributed by atoms with Gasteiger partial charge in [-0.15, -0.1) is 0 Å². The number of H-pyrrole nitrogens is 1. The Morgan fingerprint density at radius 2 is 1.73 bits per heavy atom. The first-order valence-corrected chi connectivity index (χ1v) is 11.6. The number of nitrogens with one attached hydrogen (secondary N) is 2. The van der Waals surface area contributed by atoms with Gasteiger partial charge < -0.3 is 10.3 Å². The highest BCUT2D eigenvalue weighted by Crippen LogP contribution is 2.36. The topological polar surface area (TPSA) is 79.0 Å². The van der Waals surface area contributed by atoms with Gasteiger partial charge in [0.1, 0.15) is 0 Å². The number of rotatable bonds is 4. The van der Waals surface area contributed by atoms with E-state index in [1.165, 1.54) is 12.1 Å². The van der Waals surface area contributed by atoms with Crippen molar-refractivity contribution in [1.82, 2.24) is 4.98 Å². The molecule has 0 bridgehead atoms. The van der Waals surface area contributed by atoms with Gasteiger partial charge in [0.15, 0.2) is 9.84 Å². The van der Waals surface area contributed by atoms with Crippen LogP contribution in [0, 0.1) is 13.8 Å². The molecule has 1 aromatic heterocycles. The van der Waals surface area contributed by atoms with Crippen LogP contribution >= 0.6 is 23.2 Å². The molecule has 0 atom stereocenters.